The fraction of sp³-hybridized carbons (Fsp3) is 1.00. The zero-order valence-electron chi connectivity index (χ0n) is 4.16. The van der Waals surface area contributed by atoms with Gasteiger partial charge in [0.15, 0.2) is 0 Å². The predicted octanol–water partition coefficient (Wildman–Crippen LogP) is -0.834. The summed E-state index contributed by atoms with van der Waals surface area (Å²) in [6, 6.07) is 0. The first-order valence-electron chi connectivity index (χ1n) is 2.29. The van der Waals surface area contributed by atoms with Gasteiger partial charge in [0, 0.05) is 6.54 Å². The van der Waals surface area contributed by atoms with Crippen LogP contribution in [-0.4, -0.2) is 24.4 Å². The standard InChI is InChI=1S/C3H6N2O3/c6-5(7)3-4-1-2-8-3/h3-4H,1-2H2. The molecule has 0 aromatic heterocycles. The van der Waals surface area contributed by atoms with Crippen molar-refractivity contribution in [3.63, 3.8) is 0 Å². The molecule has 1 fully saturated rings. The van der Waals surface area contributed by atoms with Gasteiger partial charge < -0.3 is 4.74 Å². The molecule has 1 saturated heterocycles. The van der Waals surface area contributed by atoms with Crippen molar-refractivity contribution < 1.29 is 9.66 Å². The molecular weight excluding hydrogens is 112 g/mol. The summed E-state index contributed by atoms with van der Waals surface area (Å²) >= 11 is 0. The van der Waals surface area contributed by atoms with Gasteiger partial charge in [-0.05, 0) is 0 Å². The number of hydrogen-bond donors (Lipinski definition) is 1. The summed E-state index contributed by atoms with van der Waals surface area (Å²) < 4.78 is 4.60. The molecule has 1 rings (SSSR count). The minimum Gasteiger partial charge on any atom is -0.303 e. The Hall–Kier alpha value is -0.680. The van der Waals surface area contributed by atoms with Crippen LogP contribution in [0.2, 0.25) is 0 Å². The van der Waals surface area contributed by atoms with E-state index in [4.69, 9.17) is 0 Å². The molecule has 5 nitrogen and oxygen atoms in total. The largest absolute Gasteiger partial charge is 0.376 e. The lowest BCUT2D eigenvalue weighted by atomic mass is 10.7. The van der Waals surface area contributed by atoms with Crippen LogP contribution in [0.1, 0.15) is 0 Å². The molecule has 46 valence electrons. The third-order valence-electron chi connectivity index (χ3n) is 0.888. The summed E-state index contributed by atoms with van der Waals surface area (Å²) in [4.78, 5) is 9.33. The number of hydrogen-bond acceptors (Lipinski definition) is 4. The van der Waals surface area contributed by atoms with Crippen LogP contribution >= 0.6 is 0 Å². The van der Waals surface area contributed by atoms with Crippen LogP contribution in [0.3, 0.4) is 0 Å². The first-order chi connectivity index (χ1) is 3.80. The highest BCUT2D eigenvalue weighted by Gasteiger charge is 2.23. The van der Waals surface area contributed by atoms with Crippen molar-refractivity contribution in [2.24, 2.45) is 0 Å². The Morgan fingerprint density at radius 1 is 1.88 bits per heavy atom. The predicted molar refractivity (Wildman–Crippen MR) is 24.7 cm³/mol. The first-order valence-corrected chi connectivity index (χ1v) is 2.29. The number of nitro groups is 1. The van der Waals surface area contributed by atoms with Crippen LogP contribution in [0, 0.1) is 10.1 Å². The van der Waals surface area contributed by atoms with Crippen LogP contribution in [0.5, 0.6) is 0 Å². The Balaban J connectivity index is 2.35. The van der Waals surface area contributed by atoms with Gasteiger partial charge in [0.25, 0.3) is 0 Å². The fourth-order valence-corrected chi connectivity index (χ4v) is 0.547. The molecule has 0 aromatic rings. The van der Waals surface area contributed by atoms with E-state index in [1.165, 1.54) is 0 Å². The normalized spacial score (nSPS) is 28.2. The molecule has 0 bridgehead atoms. The molecular formula is C3H6N2O3. The maximum Gasteiger partial charge on any atom is 0.376 e. The van der Waals surface area contributed by atoms with E-state index in [0.29, 0.717) is 13.2 Å². The van der Waals surface area contributed by atoms with Crippen molar-refractivity contribution in [2.45, 2.75) is 6.35 Å². The molecule has 1 N–H and O–H groups in total. The van der Waals surface area contributed by atoms with Crippen LogP contribution in [-0.2, 0) is 4.74 Å². The van der Waals surface area contributed by atoms with E-state index >= 15 is 0 Å². The quantitative estimate of drug-likeness (QED) is 0.360. The summed E-state index contributed by atoms with van der Waals surface area (Å²) in [5.74, 6) is 0. The molecule has 0 amide bonds. The average molecular weight is 118 g/mol. The van der Waals surface area contributed by atoms with E-state index in [1.807, 2.05) is 0 Å². The summed E-state index contributed by atoms with van der Waals surface area (Å²) in [5, 5.41) is 12.4. The van der Waals surface area contributed by atoms with Crippen molar-refractivity contribution in [1.29, 1.82) is 0 Å². The van der Waals surface area contributed by atoms with Crippen LogP contribution in [0.25, 0.3) is 0 Å². The van der Waals surface area contributed by atoms with Gasteiger partial charge in [-0.3, -0.25) is 10.1 Å². The minimum atomic E-state index is -0.963. The van der Waals surface area contributed by atoms with Gasteiger partial charge in [0.05, 0.1) is 11.5 Å². The third-order valence-corrected chi connectivity index (χ3v) is 0.888. The van der Waals surface area contributed by atoms with Gasteiger partial charge in [0.2, 0.25) is 0 Å². The molecule has 0 aliphatic carbocycles. The van der Waals surface area contributed by atoms with E-state index in [2.05, 4.69) is 10.1 Å². The lowest BCUT2D eigenvalue weighted by Crippen LogP contribution is -2.30. The Morgan fingerprint density at radius 2 is 2.62 bits per heavy atom. The molecule has 1 heterocycles. The van der Waals surface area contributed by atoms with Crippen LogP contribution < -0.4 is 5.32 Å². The van der Waals surface area contributed by atoms with Crippen LogP contribution in [0.4, 0.5) is 0 Å². The SMILES string of the molecule is O=[N+]([O-])C1NCCO1. The second kappa shape index (κ2) is 2.06. The maximum atomic E-state index is 9.82. The van der Waals surface area contributed by atoms with Crippen molar-refractivity contribution in [1.82, 2.24) is 5.32 Å². The third kappa shape index (κ3) is 0.932. The minimum absolute atomic E-state index is 0.436. The Bertz CT molecular complexity index is 98.7. The highest BCUT2D eigenvalue weighted by molar-refractivity contribution is 4.50. The van der Waals surface area contributed by atoms with Gasteiger partial charge in [-0.2, -0.15) is 0 Å². The second-order valence-electron chi connectivity index (χ2n) is 1.46. The van der Waals surface area contributed by atoms with Gasteiger partial charge in [-0.1, -0.05) is 0 Å². The molecule has 0 radical (unpaired) electrons. The number of nitrogens with zero attached hydrogens (tertiary/aromatic N) is 1. The Labute approximate surface area is 45.8 Å². The number of nitrogens with one attached hydrogen (secondary N) is 1. The van der Waals surface area contributed by atoms with Crippen molar-refractivity contribution in [2.75, 3.05) is 13.2 Å². The van der Waals surface area contributed by atoms with E-state index in [0.717, 1.165) is 0 Å². The Kier molecular flexibility index (Phi) is 1.40. The van der Waals surface area contributed by atoms with E-state index in [1.54, 1.807) is 0 Å². The molecule has 0 aromatic carbocycles. The molecule has 1 aliphatic rings. The monoisotopic (exact) mass is 118 g/mol. The molecule has 1 atom stereocenters. The van der Waals surface area contributed by atoms with Crippen LogP contribution in [0.15, 0.2) is 0 Å². The highest BCUT2D eigenvalue weighted by atomic mass is 16.7. The van der Waals surface area contributed by atoms with Crippen molar-refractivity contribution in [3.05, 3.63) is 10.1 Å². The summed E-state index contributed by atoms with van der Waals surface area (Å²) in [5.41, 5.74) is 0. The van der Waals surface area contributed by atoms with E-state index in [9.17, 15) is 10.1 Å². The van der Waals surface area contributed by atoms with Gasteiger partial charge in [-0.25, -0.2) is 5.32 Å². The Morgan fingerprint density at radius 3 is 2.88 bits per heavy atom. The van der Waals surface area contributed by atoms with Crippen molar-refractivity contribution >= 4 is 0 Å². The topological polar surface area (TPSA) is 64.4 Å². The summed E-state index contributed by atoms with van der Waals surface area (Å²) in [6.07, 6.45) is -0.963. The zero-order chi connectivity index (χ0) is 5.98. The molecule has 1 unspecified atom stereocenters. The lowest BCUT2D eigenvalue weighted by molar-refractivity contribution is -0.574. The average Bonchev–Trinajstić information content (AvgIpc) is 2.12. The molecule has 0 saturated carbocycles. The first kappa shape index (κ1) is 5.46. The highest BCUT2D eigenvalue weighted by Crippen LogP contribution is 1.93. The smallest absolute Gasteiger partial charge is 0.303 e. The zero-order valence-corrected chi connectivity index (χ0v) is 4.16. The number of rotatable bonds is 1. The molecule has 0 spiro atoms. The van der Waals surface area contributed by atoms with Crippen molar-refractivity contribution in [3.8, 4) is 0 Å². The van der Waals surface area contributed by atoms with E-state index < -0.39 is 11.3 Å². The van der Waals surface area contributed by atoms with Gasteiger partial charge >= 0.3 is 6.35 Å². The summed E-state index contributed by atoms with van der Waals surface area (Å²) in [6.45, 7) is 1.01. The molecule has 5 heteroatoms. The lowest BCUT2D eigenvalue weighted by Gasteiger charge is -1.96. The maximum absolute atomic E-state index is 9.82. The molecule has 8 heavy (non-hydrogen) atoms. The number of ether oxygens (including phenoxy) is 1. The van der Waals surface area contributed by atoms with Gasteiger partial charge in [-0.15, -0.1) is 0 Å². The van der Waals surface area contributed by atoms with E-state index in [-0.39, 0.29) is 0 Å². The summed E-state index contributed by atoms with van der Waals surface area (Å²) in [7, 11) is 0. The molecule has 1 aliphatic heterocycles. The fourth-order valence-electron chi connectivity index (χ4n) is 0.547. The van der Waals surface area contributed by atoms with Gasteiger partial charge in [0.1, 0.15) is 0 Å². The second-order valence-corrected chi connectivity index (χ2v) is 1.46.